The summed E-state index contributed by atoms with van der Waals surface area (Å²) in [6, 6.07) is 3.63. The monoisotopic (exact) mass is 232 g/mol. The van der Waals surface area contributed by atoms with Crippen LogP contribution in [0.25, 0.3) is 0 Å². The number of alkyl halides is 1. The molecule has 3 heteroatoms. The highest BCUT2D eigenvalue weighted by atomic mass is 35.5. The molecule has 0 spiro atoms. The van der Waals surface area contributed by atoms with Crippen LogP contribution in [0.5, 0.6) is 0 Å². The van der Waals surface area contributed by atoms with E-state index in [1.165, 1.54) is 12.1 Å². The Kier molecular flexibility index (Phi) is 4.09. The molecule has 1 rings (SSSR count). The third-order valence-corrected chi connectivity index (χ3v) is 3.45. The predicted molar refractivity (Wildman–Crippen MR) is 59.3 cm³/mol. The summed E-state index contributed by atoms with van der Waals surface area (Å²) in [5.41, 5.74) is 0.477. The third kappa shape index (κ3) is 2.91. The summed E-state index contributed by atoms with van der Waals surface area (Å²) in [7, 11) is 0. The molecule has 0 bridgehead atoms. The van der Waals surface area contributed by atoms with E-state index in [2.05, 4.69) is 0 Å². The van der Waals surface area contributed by atoms with Crippen LogP contribution in [0.3, 0.4) is 0 Å². The van der Waals surface area contributed by atoms with Crippen molar-refractivity contribution in [2.45, 2.75) is 32.1 Å². The van der Waals surface area contributed by atoms with Gasteiger partial charge >= 0.3 is 0 Å². The minimum Gasteiger partial charge on any atom is -0.207 e. The number of benzene rings is 1. The van der Waals surface area contributed by atoms with E-state index in [1.54, 1.807) is 0 Å². The topological polar surface area (TPSA) is 0 Å². The van der Waals surface area contributed by atoms with E-state index in [-0.39, 0.29) is 17.2 Å². The average molecular weight is 233 g/mol. The molecule has 0 heterocycles. The van der Waals surface area contributed by atoms with Crippen molar-refractivity contribution in [3.05, 3.63) is 35.4 Å². The van der Waals surface area contributed by atoms with Crippen LogP contribution in [0, 0.1) is 17.6 Å². The molecule has 1 aromatic rings. The fourth-order valence-electron chi connectivity index (χ4n) is 1.62. The highest BCUT2D eigenvalue weighted by Gasteiger charge is 2.22. The molecule has 0 saturated carbocycles. The summed E-state index contributed by atoms with van der Waals surface area (Å²) in [6.45, 7) is 5.82. The van der Waals surface area contributed by atoms with E-state index in [4.69, 9.17) is 11.6 Å². The lowest BCUT2D eigenvalue weighted by Gasteiger charge is -2.22. The Balaban J connectivity index is 2.96. The average Bonchev–Trinajstić information content (AvgIpc) is 2.15. The SMILES string of the molecule is CC(C)C(Cl)C(C)c1ccc(F)cc1F. The van der Waals surface area contributed by atoms with Crippen molar-refractivity contribution in [2.75, 3.05) is 0 Å². The maximum absolute atomic E-state index is 13.4. The zero-order valence-electron chi connectivity index (χ0n) is 9.10. The van der Waals surface area contributed by atoms with E-state index in [0.29, 0.717) is 5.56 Å². The van der Waals surface area contributed by atoms with E-state index >= 15 is 0 Å². The minimum atomic E-state index is -0.556. The summed E-state index contributed by atoms with van der Waals surface area (Å²) in [6.07, 6.45) is 0. The van der Waals surface area contributed by atoms with Crippen LogP contribution in [0.1, 0.15) is 32.3 Å². The Morgan fingerprint density at radius 1 is 1.13 bits per heavy atom. The lowest BCUT2D eigenvalue weighted by Crippen LogP contribution is -2.17. The molecular weight excluding hydrogens is 218 g/mol. The van der Waals surface area contributed by atoms with E-state index in [1.807, 2.05) is 20.8 Å². The summed E-state index contributed by atoms with van der Waals surface area (Å²) in [4.78, 5) is 0. The maximum atomic E-state index is 13.4. The second-order valence-corrected chi connectivity index (χ2v) is 4.65. The normalized spacial score (nSPS) is 15.4. The molecule has 2 atom stereocenters. The molecule has 1 aromatic carbocycles. The Hall–Kier alpha value is -0.630. The van der Waals surface area contributed by atoms with Gasteiger partial charge in [0.2, 0.25) is 0 Å². The third-order valence-electron chi connectivity index (χ3n) is 2.57. The van der Waals surface area contributed by atoms with Gasteiger partial charge in [-0.25, -0.2) is 8.78 Å². The zero-order chi connectivity index (χ0) is 11.6. The molecular formula is C12H15ClF2. The first-order valence-corrected chi connectivity index (χ1v) is 5.46. The predicted octanol–water partition coefficient (Wildman–Crippen LogP) is 4.33. The Morgan fingerprint density at radius 2 is 1.73 bits per heavy atom. The Morgan fingerprint density at radius 3 is 2.20 bits per heavy atom. The van der Waals surface area contributed by atoms with Crippen LogP contribution in [-0.4, -0.2) is 5.38 Å². The van der Waals surface area contributed by atoms with Crippen molar-refractivity contribution in [3.63, 3.8) is 0 Å². The van der Waals surface area contributed by atoms with Crippen molar-refractivity contribution in [1.29, 1.82) is 0 Å². The molecule has 0 nitrogen and oxygen atoms in total. The summed E-state index contributed by atoms with van der Waals surface area (Å²) < 4.78 is 26.1. The van der Waals surface area contributed by atoms with Gasteiger partial charge < -0.3 is 0 Å². The lowest BCUT2D eigenvalue weighted by molar-refractivity contribution is 0.504. The molecule has 0 saturated heterocycles. The van der Waals surface area contributed by atoms with Gasteiger partial charge in [0, 0.05) is 17.4 Å². The molecule has 0 aliphatic heterocycles. The molecule has 84 valence electrons. The molecule has 0 fully saturated rings. The van der Waals surface area contributed by atoms with Gasteiger partial charge in [-0.3, -0.25) is 0 Å². The van der Waals surface area contributed by atoms with E-state index < -0.39 is 11.6 Å². The van der Waals surface area contributed by atoms with Gasteiger partial charge in [-0.05, 0) is 17.5 Å². The number of hydrogen-bond acceptors (Lipinski definition) is 0. The number of hydrogen-bond donors (Lipinski definition) is 0. The standard InChI is InChI=1S/C12H15ClF2/c1-7(2)12(13)8(3)10-5-4-9(14)6-11(10)15/h4-8,12H,1-3H3. The van der Waals surface area contributed by atoms with Crippen LogP contribution in [-0.2, 0) is 0 Å². The number of halogens is 3. The molecule has 0 amide bonds. The number of rotatable bonds is 3. The summed E-state index contributed by atoms with van der Waals surface area (Å²) in [5, 5.41) is -0.148. The van der Waals surface area contributed by atoms with E-state index in [0.717, 1.165) is 6.07 Å². The van der Waals surface area contributed by atoms with Crippen molar-refractivity contribution in [1.82, 2.24) is 0 Å². The van der Waals surface area contributed by atoms with Gasteiger partial charge in [-0.1, -0.05) is 26.8 Å². The van der Waals surface area contributed by atoms with Crippen molar-refractivity contribution in [3.8, 4) is 0 Å². The molecule has 15 heavy (non-hydrogen) atoms. The van der Waals surface area contributed by atoms with Crippen LogP contribution >= 0.6 is 11.6 Å². The summed E-state index contributed by atoms with van der Waals surface area (Å²) >= 11 is 6.15. The van der Waals surface area contributed by atoms with Gasteiger partial charge in [-0.2, -0.15) is 0 Å². The van der Waals surface area contributed by atoms with Crippen LogP contribution in [0.2, 0.25) is 0 Å². The molecule has 0 aliphatic carbocycles. The zero-order valence-corrected chi connectivity index (χ0v) is 9.85. The Labute approximate surface area is 94.3 Å². The lowest BCUT2D eigenvalue weighted by atomic mass is 9.91. The first-order chi connectivity index (χ1) is 6.93. The second-order valence-electron chi connectivity index (χ2n) is 4.14. The molecule has 0 N–H and O–H groups in total. The van der Waals surface area contributed by atoms with Crippen molar-refractivity contribution in [2.24, 2.45) is 5.92 Å². The Bertz CT molecular complexity index is 336. The quantitative estimate of drug-likeness (QED) is 0.681. The van der Waals surface area contributed by atoms with Crippen LogP contribution in [0.4, 0.5) is 8.78 Å². The molecule has 0 aliphatic rings. The second kappa shape index (κ2) is 4.93. The van der Waals surface area contributed by atoms with Gasteiger partial charge in [0.1, 0.15) is 11.6 Å². The van der Waals surface area contributed by atoms with Gasteiger partial charge in [-0.15, -0.1) is 11.6 Å². The largest absolute Gasteiger partial charge is 0.207 e. The van der Waals surface area contributed by atoms with Gasteiger partial charge in [0.05, 0.1) is 0 Å². The molecule has 0 radical (unpaired) electrons. The highest BCUT2D eigenvalue weighted by Crippen LogP contribution is 2.30. The molecule has 2 unspecified atom stereocenters. The highest BCUT2D eigenvalue weighted by molar-refractivity contribution is 6.21. The van der Waals surface area contributed by atoms with Gasteiger partial charge in [0.25, 0.3) is 0 Å². The first-order valence-electron chi connectivity index (χ1n) is 5.02. The minimum absolute atomic E-state index is 0.118. The van der Waals surface area contributed by atoms with Crippen molar-refractivity contribution >= 4 is 11.6 Å². The smallest absolute Gasteiger partial charge is 0.129 e. The van der Waals surface area contributed by atoms with Crippen molar-refractivity contribution < 1.29 is 8.78 Å². The van der Waals surface area contributed by atoms with Crippen LogP contribution in [0.15, 0.2) is 18.2 Å². The van der Waals surface area contributed by atoms with Crippen LogP contribution < -0.4 is 0 Å². The molecule has 0 aromatic heterocycles. The maximum Gasteiger partial charge on any atom is 0.129 e. The van der Waals surface area contributed by atoms with Gasteiger partial charge in [0.15, 0.2) is 0 Å². The fraction of sp³-hybridized carbons (Fsp3) is 0.500. The summed E-state index contributed by atoms with van der Waals surface area (Å²) in [5.74, 6) is -0.939. The first kappa shape index (κ1) is 12.4. The fourth-order valence-corrected chi connectivity index (χ4v) is 1.76. The van der Waals surface area contributed by atoms with E-state index in [9.17, 15) is 8.78 Å².